The summed E-state index contributed by atoms with van der Waals surface area (Å²) >= 11 is 0. The molecule has 1 aromatic rings. The molecular formula is C32H46N2O5. The Bertz CT molecular complexity index is 1160. The molecule has 39 heavy (non-hydrogen) atoms. The molecule has 2 fully saturated rings. The van der Waals surface area contributed by atoms with Crippen molar-refractivity contribution < 1.29 is 25.2 Å². The fraction of sp³-hybridized carbons (Fsp3) is 0.656. The van der Waals surface area contributed by atoms with E-state index >= 15 is 0 Å². The molecule has 7 nitrogen and oxygen atoms in total. The van der Waals surface area contributed by atoms with Crippen LogP contribution in [0.3, 0.4) is 0 Å². The standard InChI is InChI=1S/C32H46N2O5/c1-20-17-30-14-12-21(2)29(3,4)24(27(30)37)16-23(19-35)26(36)32(30,39)25(20)33-28(38)31(13-9-15-34(31)5)18-22-10-7-6-8-11-22/h6-8,10-11,16-17,21,24-26,28,33,35-36,38-39H,9,12-15,18-19H2,1-5H3. The fourth-order valence-electron chi connectivity index (χ4n) is 8.24. The van der Waals surface area contributed by atoms with E-state index in [4.69, 9.17) is 0 Å². The molecule has 3 aliphatic carbocycles. The molecule has 1 spiro atoms. The number of likely N-dealkylation sites (tertiary alicyclic amines) is 1. The number of ketones is 1. The minimum absolute atomic E-state index is 0.114. The van der Waals surface area contributed by atoms with E-state index in [0.29, 0.717) is 19.3 Å². The van der Waals surface area contributed by atoms with Crippen LogP contribution in [0.15, 0.2) is 53.6 Å². The van der Waals surface area contributed by atoms with Gasteiger partial charge in [-0.3, -0.25) is 15.0 Å². The Morgan fingerprint density at radius 1 is 1.18 bits per heavy atom. The largest absolute Gasteiger partial charge is 0.392 e. The SMILES string of the molecule is CC1=CC23CCC(C)C(C)(C)C(C=C(CO)C(O)C2(O)C1NC(O)C1(Cc2ccccc2)CCCN1C)C3=O. The summed E-state index contributed by atoms with van der Waals surface area (Å²) < 4.78 is 0. The molecule has 5 N–H and O–H groups in total. The van der Waals surface area contributed by atoms with E-state index in [1.807, 2.05) is 38.2 Å². The number of nitrogens with zero attached hydrogens (tertiary/aromatic N) is 1. The quantitative estimate of drug-likeness (QED) is 0.280. The molecule has 214 valence electrons. The Labute approximate surface area is 232 Å². The van der Waals surface area contributed by atoms with Crippen molar-refractivity contribution in [2.75, 3.05) is 20.2 Å². The number of fused-ring (bicyclic) bond motifs is 1. The van der Waals surface area contributed by atoms with Gasteiger partial charge in [-0.15, -0.1) is 0 Å². The van der Waals surface area contributed by atoms with Crippen molar-refractivity contribution in [3.8, 4) is 0 Å². The van der Waals surface area contributed by atoms with Crippen molar-refractivity contribution >= 4 is 5.78 Å². The summed E-state index contributed by atoms with van der Waals surface area (Å²) in [5.41, 5.74) is -2.22. The maximum absolute atomic E-state index is 14.5. The van der Waals surface area contributed by atoms with E-state index in [1.54, 1.807) is 6.08 Å². The van der Waals surface area contributed by atoms with Crippen molar-refractivity contribution in [1.29, 1.82) is 0 Å². The van der Waals surface area contributed by atoms with Crippen LogP contribution in [0.1, 0.15) is 58.9 Å². The minimum atomic E-state index is -1.95. The predicted octanol–water partition coefficient (Wildman–Crippen LogP) is 2.58. The molecule has 5 rings (SSSR count). The zero-order chi connectivity index (χ0) is 28.4. The smallest absolute Gasteiger partial charge is 0.153 e. The Morgan fingerprint density at radius 2 is 1.87 bits per heavy atom. The number of likely N-dealkylation sites (N-methyl/N-ethyl adjacent to an activating group) is 1. The lowest BCUT2D eigenvalue weighted by molar-refractivity contribution is -0.167. The third kappa shape index (κ3) is 4.03. The van der Waals surface area contributed by atoms with Crippen molar-refractivity contribution in [1.82, 2.24) is 10.2 Å². The Hall–Kier alpha value is -1.87. The lowest BCUT2D eigenvalue weighted by atomic mass is 9.62. The first-order valence-electron chi connectivity index (χ1n) is 14.5. The topological polar surface area (TPSA) is 113 Å². The minimum Gasteiger partial charge on any atom is -0.392 e. The van der Waals surface area contributed by atoms with Gasteiger partial charge in [0.2, 0.25) is 0 Å². The molecule has 8 atom stereocenters. The molecule has 8 unspecified atom stereocenters. The number of aliphatic hydroxyl groups excluding tert-OH is 3. The van der Waals surface area contributed by atoms with Crippen LogP contribution in [0.5, 0.6) is 0 Å². The van der Waals surface area contributed by atoms with Gasteiger partial charge in [0.15, 0.2) is 5.78 Å². The number of Topliss-reactive ketones (excluding diaryl/α,β-unsaturated/α-hetero) is 1. The number of carbonyl (C=O) groups is 1. The van der Waals surface area contributed by atoms with E-state index in [0.717, 1.165) is 30.5 Å². The maximum Gasteiger partial charge on any atom is 0.153 e. The number of aliphatic hydroxyl groups is 4. The van der Waals surface area contributed by atoms with Crippen molar-refractivity contribution in [2.45, 2.75) is 89.3 Å². The van der Waals surface area contributed by atoms with E-state index < -0.39 is 52.9 Å². The maximum atomic E-state index is 14.5. The molecule has 1 aliphatic heterocycles. The van der Waals surface area contributed by atoms with Crippen LogP contribution in [0.2, 0.25) is 0 Å². The molecule has 1 heterocycles. The van der Waals surface area contributed by atoms with Gasteiger partial charge in [0.1, 0.15) is 17.9 Å². The highest BCUT2D eigenvalue weighted by Crippen LogP contribution is 2.60. The van der Waals surface area contributed by atoms with Gasteiger partial charge in [-0.25, -0.2) is 0 Å². The second-order valence-corrected chi connectivity index (χ2v) is 13.4. The van der Waals surface area contributed by atoms with Gasteiger partial charge in [-0.2, -0.15) is 0 Å². The summed E-state index contributed by atoms with van der Waals surface area (Å²) in [7, 11) is 2.02. The molecule has 2 bridgehead atoms. The molecule has 1 saturated heterocycles. The average molecular weight is 539 g/mol. The average Bonchev–Trinajstić information content (AvgIpc) is 3.34. The van der Waals surface area contributed by atoms with Crippen molar-refractivity contribution in [3.63, 3.8) is 0 Å². The highest BCUT2D eigenvalue weighted by molar-refractivity contribution is 5.94. The molecule has 7 heteroatoms. The van der Waals surface area contributed by atoms with Gasteiger partial charge in [-0.1, -0.05) is 68.8 Å². The number of hydrogen-bond donors (Lipinski definition) is 5. The van der Waals surface area contributed by atoms with Crippen LogP contribution < -0.4 is 5.32 Å². The normalized spacial score (nSPS) is 40.9. The first kappa shape index (κ1) is 28.7. The highest BCUT2D eigenvalue weighted by atomic mass is 16.4. The van der Waals surface area contributed by atoms with Crippen LogP contribution in [-0.4, -0.2) is 80.8 Å². The second-order valence-electron chi connectivity index (χ2n) is 13.4. The van der Waals surface area contributed by atoms with Gasteiger partial charge in [-0.05, 0) is 75.1 Å². The summed E-state index contributed by atoms with van der Waals surface area (Å²) in [5, 5.41) is 50.1. The fourth-order valence-corrected chi connectivity index (χ4v) is 8.24. The summed E-state index contributed by atoms with van der Waals surface area (Å²) in [6.07, 6.45) is 4.50. The van der Waals surface area contributed by atoms with Gasteiger partial charge in [0, 0.05) is 5.92 Å². The van der Waals surface area contributed by atoms with Crippen molar-refractivity contribution in [2.24, 2.45) is 22.7 Å². The van der Waals surface area contributed by atoms with Crippen LogP contribution >= 0.6 is 0 Å². The molecule has 4 aliphatic rings. The van der Waals surface area contributed by atoms with Gasteiger partial charge < -0.3 is 20.4 Å². The van der Waals surface area contributed by atoms with Gasteiger partial charge in [0.25, 0.3) is 0 Å². The van der Waals surface area contributed by atoms with Crippen LogP contribution in [0.4, 0.5) is 0 Å². The molecule has 0 amide bonds. The second kappa shape index (κ2) is 9.89. The Balaban J connectivity index is 1.57. The van der Waals surface area contributed by atoms with Crippen LogP contribution in [0, 0.1) is 22.7 Å². The monoisotopic (exact) mass is 538 g/mol. The molecule has 1 aromatic carbocycles. The predicted molar refractivity (Wildman–Crippen MR) is 151 cm³/mol. The zero-order valence-electron chi connectivity index (χ0n) is 24.0. The summed E-state index contributed by atoms with van der Waals surface area (Å²) in [4.78, 5) is 16.7. The third-order valence-electron chi connectivity index (χ3n) is 11.2. The van der Waals surface area contributed by atoms with E-state index in [9.17, 15) is 25.2 Å². The Kier molecular flexibility index (Phi) is 7.27. The molecule has 1 saturated carbocycles. The van der Waals surface area contributed by atoms with Crippen LogP contribution in [0.25, 0.3) is 0 Å². The lowest BCUT2D eigenvalue weighted by Crippen LogP contribution is -2.70. The number of benzene rings is 1. The molecular weight excluding hydrogens is 492 g/mol. The number of carbonyl (C=O) groups excluding carboxylic acids is 1. The first-order chi connectivity index (χ1) is 18.3. The number of nitrogens with one attached hydrogen (secondary N) is 1. The zero-order valence-corrected chi connectivity index (χ0v) is 24.0. The van der Waals surface area contributed by atoms with E-state index in [-0.39, 0.29) is 17.3 Å². The van der Waals surface area contributed by atoms with Crippen LogP contribution in [-0.2, 0) is 11.2 Å². The summed E-state index contributed by atoms with van der Waals surface area (Å²) in [6, 6.07) is 9.21. The number of rotatable bonds is 6. The van der Waals surface area contributed by atoms with E-state index in [1.165, 1.54) is 0 Å². The summed E-state index contributed by atoms with van der Waals surface area (Å²) in [6.45, 7) is 8.52. The third-order valence-corrected chi connectivity index (χ3v) is 11.2. The summed E-state index contributed by atoms with van der Waals surface area (Å²) in [5.74, 6) is -0.481. The number of hydrogen-bond acceptors (Lipinski definition) is 7. The molecule has 0 aromatic heterocycles. The lowest BCUT2D eigenvalue weighted by Gasteiger charge is -2.49. The Morgan fingerprint density at radius 3 is 2.49 bits per heavy atom. The van der Waals surface area contributed by atoms with Gasteiger partial charge >= 0.3 is 0 Å². The van der Waals surface area contributed by atoms with Gasteiger partial charge in [0.05, 0.1) is 23.6 Å². The highest BCUT2D eigenvalue weighted by Gasteiger charge is 2.70. The van der Waals surface area contributed by atoms with Crippen molar-refractivity contribution in [3.05, 3.63) is 59.2 Å². The molecule has 0 radical (unpaired) electrons. The van der Waals surface area contributed by atoms with E-state index in [2.05, 4.69) is 43.1 Å². The first-order valence-corrected chi connectivity index (χ1v) is 14.5. The number of allylic oxidation sites excluding steroid dienone is 1.